The van der Waals surface area contributed by atoms with Crippen molar-refractivity contribution in [2.75, 3.05) is 47.3 Å². The van der Waals surface area contributed by atoms with Crippen LogP contribution < -0.4 is 19.5 Å². The van der Waals surface area contributed by atoms with Crippen molar-refractivity contribution < 1.29 is 23.8 Å². The molecular weight excluding hydrogens is 520 g/mol. The minimum atomic E-state index is -0.287. The molecule has 4 amide bonds. The molecule has 0 unspecified atom stereocenters. The quantitative estimate of drug-likeness (QED) is 0.418. The molecule has 2 aliphatic rings. The summed E-state index contributed by atoms with van der Waals surface area (Å²) in [5.41, 5.74) is 3.71. The molecule has 0 bridgehead atoms. The lowest BCUT2D eigenvalue weighted by Crippen LogP contribution is -2.41. The molecule has 41 heavy (non-hydrogen) atoms. The van der Waals surface area contributed by atoms with Gasteiger partial charge in [-0.25, -0.2) is 9.59 Å². The minimum Gasteiger partial charge on any atom is -0.497 e. The monoisotopic (exact) mass is 570 g/mol. The zero-order valence-corrected chi connectivity index (χ0v) is 27.0. The van der Waals surface area contributed by atoms with Crippen LogP contribution in [0.25, 0.3) is 0 Å². The highest BCUT2D eigenvalue weighted by atomic mass is 16.5. The van der Waals surface area contributed by atoms with Crippen molar-refractivity contribution in [3.63, 3.8) is 0 Å². The van der Waals surface area contributed by atoms with Crippen molar-refractivity contribution in [3.05, 3.63) is 59.3 Å². The Bertz CT molecular complexity index is 1180. The number of hydrogen-bond donors (Lipinski definition) is 1. The Morgan fingerprint density at radius 3 is 2.15 bits per heavy atom. The summed E-state index contributed by atoms with van der Waals surface area (Å²) in [6.07, 6.45) is 2.91. The number of urea groups is 2. The summed E-state index contributed by atoms with van der Waals surface area (Å²) in [7, 11) is 8.28. The van der Waals surface area contributed by atoms with Crippen LogP contribution in [0.15, 0.2) is 48.2 Å². The van der Waals surface area contributed by atoms with Gasteiger partial charge in [-0.15, -0.1) is 0 Å². The van der Waals surface area contributed by atoms with Crippen LogP contribution >= 0.6 is 0 Å². The van der Waals surface area contributed by atoms with Gasteiger partial charge in [-0.2, -0.15) is 0 Å². The zero-order chi connectivity index (χ0) is 31.3. The van der Waals surface area contributed by atoms with Crippen molar-refractivity contribution in [2.24, 2.45) is 0 Å². The molecule has 1 saturated heterocycles. The van der Waals surface area contributed by atoms with E-state index in [1.165, 1.54) is 4.90 Å². The Hall–Kier alpha value is -3.88. The number of allylic oxidation sites excluding steroid dienone is 1. The number of likely N-dealkylation sites (N-methyl/N-ethyl adjacent to an activating group) is 1. The topological polar surface area (TPSA) is 83.6 Å². The fourth-order valence-corrected chi connectivity index (χ4v) is 4.65. The maximum atomic E-state index is 12.8. The van der Waals surface area contributed by atoms with Crippen molar-refractivity contribution in [2.45, 2.75) is 67.0 Å². The first-order chi connectivity index (χ1) is 19.6. The van der Waals surface area contributed by atoms with Crippen LogP contribution in [0.3, 0.4) is 0 Å². The van der Waals surface area contributed by atoms with Gasteiger partial charge in [0.25, 0.3) is 0 Å². The summed E-state index contributed by atoms with van der Waals surface area (Å²) in [6, 6.07) is 11.0. The number of carbonyl (C=O) groups excluding carboxylic acids is 2. The van der Waals surface area contributed by atoms with E-state index in [-0.39, 0.29) is 17.6 Å². The molecule has 0 atom stereocenters. The van der Waals surface area contributed by atoms with Gasteiger partial charge in [-0.1, -0.05) is 39.8 Å². The predicted molar refractivity (Wildman–Crippen MR) is 167 cm³/mol. The number of methoxy groups -OCH3 is 3. The average Bonchev–Trinajstić information content (AvgIpc) is 3.10. The smallest absolute Gasteiger partial charge is 0.325 e. The van der Waals surface area contributed by atoms with E-state index in [0.29, 0.717) is 13.1 Å². The van der Waals surface area contributed by atoms with Crippen molar-refractivity contribution >= 4 is 17.7 Å². The number of nitrogens with one attached hydrogen (secondary N) is 1. The van der Waals surface area contributed by atoms with E-state index in [9.17, 15) is 9.59 Å². The first-order valence-corrected chi connectivity index (χ1v) is 14.2. The Labute approximate surface area is 247 Å². The van der Waals surface area contributed by atoms with Gasteiger partial charge in [0, 0.05) is 49.7 Å². The van der Waals surface area contributed by atoms with Gasteiger partial charge in [0.15, 0.2) is 0 Å². The number of ether oxygens (including phenoxy) is 3. The van der Waals surface area contributed by atoms with Crippen molar-refractivity contribution in [1.82, 2.24) is 14.7 Å². The molecule has 0 aromatic heterocycles. The van der Waals surface area contributed by atoms with Gasteiger partial charge in [-0.3, -0.25) is 4.90 Å². The van der Waals surface area contributed by atoms with Gasteiger partial charge in [0.2, 0.25) is 0 Å². The molecular formula is C32H50N4O5. The molecule has 9 heteroatoms. The standard InChI is InChI=1S/C18H24N2O3.C10H14N2O2.2C2H6/c1-6-20-17(21)19-11-12-9-13(22-4)10-15(23-5)14(12)7-8-16(19)18(20,2)3;1-12(2)10(13)11-8-5-4-6-9(7-8)14-3;2*1-2/h8-10H,6-7,11H2,1-5H3;4-7H,1-3H3,(H,11,13);2*1-2H3. The maximum Gasteiger partial charge on any atom is 0.325 e. The molecule has 0 aliphatic carbocycles. The van der Waals surface area contributed by atoms with Crippen LogP contribution in [0.2, 0.25) is 0 Å². The summed E-state index contributed by atoms with van der Waals surface area (Å²) in [5, 5.41) is 2.72. The van der Waals surface area contributed by atoms with E-state index in [1.54, 1.807) is 41.5 Å². The molecule has 4 rings (SSSR count). The summed E-state index contributed by atoms with van der Waals surface area (Å²) in [5.74, 6) is 2.29. The van der Waals surface area contributed by atoms with Crippen LogP contribution in [-0.4, -0.2) is 74.3 Å². The SMILES string of the molecule is CC.CC.CCN1C(=O)N2Cc3cc(OC)cc(OC)c3CC=C2C1(C)C.COc1cccc(NC(=O)N(C)C)c1. The van der Waals surface area contributed by atoms with E-state index < -0.39 is 0 Å². The highest BCUT2D eigenvalue weighted by molar-refractivity contribution is 5.89. The second kappa shape index (κ2) is 16.4. The number of hydrogen-bond acceptors (Lipinski definition) is 5. The molecule has 1 fully saturated rings. The number of fused-ring (bicyclic) bond motifs is 2. The van der Waals surface area contributed by atoms with Crippen molar-refractivity contribution in [1.29, 1.82) is 0 Å². The lowest BCUT2D eigenvalue weighted by Gasteiger charge is -2.29. The number of nitrogens with zero attached hydrogens (tertiary/aromatic N) is 3. The van der Waals surface area contributed by atoms with E-state index >= 15 is 0 Å². The summed E-state index contributed by atoms with van der Waals surface area (Å²) < 4.78 is 15.9. The first-order valence-electron chi connectivity index (χ1n) is 14.2. The zero-order valence-electron chi connectivity index (χ0n) is 27.0. The molecule has 0 radical (unpaired) electrons. The Balaban J connectivity index is 0.000000402. The van der Waals surface area contributed by atoms with Gasteiger partial charge < -0.3 is 29.3 Å². The average molecular weight is 571 g/mol. The summed E-state index contributed by atoms with van der Waals surface area (Å²) in [4.78, 5) is 29.4. The Kier molecular flexibility index (Phi) is 14.1. The number of benzene rings is 2. The van der Waals surface area contributed by atoms with E-state index in [1.807, 2.05) is 74.8 Å². The third-order valence-corrected chi connectivity index (χ3v) is 6.66. The summed E-state index contributed by atoms with van der Waals surface area (Å²) in [6.45, 7) is 15.5. The molecule has 2 aromatic rings. The highest BCUT2D eigenvalue weighted by Gasteiger charge is 2.47. The predicted octanol–water partition coefficient (Wildman–Crippen LogP) is 7.02. The number of amides is 4. The Morgan fingerprint density at radius 2 is 1.61 bits per heavy atom. The van der Waals surface area contributed by atoms with Gasteiger partial charge in [0.1, 0.15) is 17.2 Å². The van der Waals surface area contributed by atoms with E-state index in [2.05, 4.69) is 25.2 Å². The fourth-order valence-electron chi connectivity index (χ4n) is 4.65. The molecule has 228 valence electrons. The Morgan fingerprint density at radius 1 is 0.976 bits per heavy atom. The second-order valence-corrected chi connectivity index (χ2v) is 9.49. The van der Waals surface area contributed by atoms with Gasteiger partial charge >= 0.3 is 12.1 Å². The fraction of sp³-hybridized carbons (Fsp3) is 0.500. The number of rotatable bonds is 5. The van der Waals surface area contributed by atoms with Crippen LogP contribution in [0.4, 0.5) is 15.3 Å². The first kappa shape index (κ1) is 35.1. The lowest BCUT2D eigenvalue weighted by molar-refractivity contribution is 0.175. The van der Waals surface area contributed by atoms with Gasteiger partial charge in [0.05, 0.1) is 33.4 Å². The minimum absolute atomic E-state index is 0.0680. The molecule has 0 spiro atoms. The largest absolute Gasteiger partial charge is 0.497 e. The van der Waals surface area contributed by atoms with Gasteiger partial charge in [-0.05, 0) is 51.0 Å². The highest BCUT2D eigenvalue weighted by Crippen LogP contribution is 2.41. The normalized spacial score (nSPS) is 14.1. The van der Waals surface area contributed by atoms with Crippen LogP contribution in [-0.2, 0) is 13.0 Å². The van der Waals surface area contributed by atoms with E-state index in [4.69, 9.17) is 14.2 Å². The molecule has 2 aliphatic heterocycles. The molecule has 2 heterocycles. The maximum absolute atomic E-state index is 12.8. The molecule has 0 saturated carbocycles. The van der Waals surface area contributed by atoms with Crippen LogP contribution in [0, 0.1) is 0 Å². The van der Waals surface area contributed by atoms with Crippen LogP contribution in [0.1, 0.15) is 59.6 Å². The van der Waals surface area contributed by atoms with E-state index in [0.717, 1.165) is 46.2 Å². The number of carbonyl (C=O) groups is 2. The molecule has 9 nitrogen and oxygen atoms in total. The van der Waals surface area contributed by atoms with Crippen molar-refractivity contribution in [3.8, 4) is 17.2 Å². The number of anilines is 1. The third kappa shape index (κ3) is 8.31. The summed E-state index contributed by atoms with van der Waals surface area (Å²) >= 11 is 0. The third-order valence-electron chi connectivity index (χ3n) is 6.66. The second-order valence-electron chi connectivity index (χ2n) is 9.49. The molecule has 1 N–H and O–H groups in total. The lowest BCUT2D eigenvalue weighted by atomic mass is 9.98. The molecule has 2 aromatic carbocycles. The van der Waals surface area contributed by atoms with Crippen LogP contribution in [0.5, 0.6) is 17.2 Å².